The van der Waals surface area contributed by atoms with Crippen molar-refractivity contribution < 1.29 is 14.7 Å². The Morgan fingerprint density at radius 3 is 2.26 bits per heavy atom. The minimum Gasteiger partial charge on any atom is -0.392 e. The van der Waals surface area contributed by atoms with E-state index in [1.54, 1.807) is 0 Å². The fourth-order valence-corrected chi connectivity index (χ4v) is 4.16. The molecule has 23 heavy (non-hydrogen) atoms. The lowest BCUT2D eigenvalue weighted by molar-refractivity contribution is -0.134. The molecule has 2 fully saturated rings. The monoisotopic (exact) mass is 316 g/mol. The number of carbonyl (C=O) groups excluding carboxylic acids is 2. The van der Waals surface area contributed by atoms with E-state index in [1.165, 1.54) is 4.90 Å². The molecule has 2 atom stereocenters. The summed E-state index contributed by atoms with van der Waals surface area (Å²) in [4.78, 5) is 26.6. The van der Waals surface area contributed by atoms with E-state index in [0.717, 1.165) is 30.4 Å². The molecule has 3 amide bonds. The molecule has 5 nitrogen and oxygen atoms in total. The van der Waals surface area contributed by atoms with Crippen LogP contribution in [-0.4, -0.2) is 27.5 Å². The summed E-state index contributed by atoms with van der Waals surface area (Å²) in [5.41, 5.74) is 0.996. The maximum absolute atomic E-state index is 12.9. The second kappa shape index (κ2) is 5.96. The third kappa shape index (κ3) is 2.98. The molecule has 1 aliphatic carbocycles. The Morgan fingerprint density at radius 1 is 1.13 bits per heavy atom. The van der Waals surface area contributed by atoms with Gasteiger partial charge in [-0.15, -0.1) is 0 Å². The van der Waals surface area contributed by atoms with Crippen LogP contribution in [0.1, 0.15) is 44.2 Å². The molecule has 124 valence electrons. The van der Waals surface area contributed by atoms with Crippen molar-refractivity contribution in [1.29, 1.82) is 0 Å². The summed E-state index contributed by atoms with van der Waals surface area (Å²) in [7, 11) is 0. The van der Waals surface area contributed by atoms with E-state index >= 15 is 0 Å². The molecular weight excluding hydrogens is 292 g/mol. The Labute approximate surface area is 136 Å². The van der Waals surface area contributed by atoms with Gasteiger partial charge in [-0.2, -0.15) is 0 Å². The summed E-state index contributed by atoms with van der Waals surface area (Å²) in [6.45, 7) is 4.56. The second-order valence-corrected chi connectivity index (χ2v) is 7.23. The Bertz CT molecular complexity index is 601. The first kappa shape index (κ1) is 16.0. The highest BCUT2D eigenvalue weighted by atomic mass is 16.3. The minimum atomic E-state index is -0.709. The first-order valence-electron chi connectivity index (χ1n) is 8.26. The summed E-state index contributed by atoms with van der Waals surface area (Å²) in [6, 6.07) is 7.04. The molecule has 2 unspecified atom stereocenters. The van der Waals surface area contributed by atoms with Crippen molar-refractivity contribution in [2.24, 2.45) is 11.8 Å². The van der Waals surface area contributed by atoms with Crippen LogP contribution in [0.15, 0.2) is 24.3 Å². The molecule has 1 heterocycles. The van der Waals surface area contributed by atoms with E-state index in [1.807, 2.05) is 24.3 Å². The lowest BCUT2D eigenvalue weighted by atomic mass is 9.71. The molecule has 0 aromatic heterocycles. The molecule has 1 saturated carbocycles. The highest BCUT2D eigenvalue weighted by molar-refractivity contribution is 6.07. The van der Waals surface area contributed by atoms with E-state index in [4.69, 9.17) is 5.11 Å². The number of aliphatic hydroxyl groups is 1. The maximum Gasteiger partial charge on any atom is 0.325 e. The van der Waals surface area contributed by atoms with Crippen LogP contribution in [0, 0.1) is 11.8 Å². The van der Waals surface area contributed by atoms with Gasteiger partial charge in [0.15, 0.2) is 0 Å². The van der Waals surface area contributed by atoms with Crippen LogP contribution < -0.4 is 5.32 Å². The number of rotatable bonds is 3. The first-order valence-corrected chi connectivity index (χ1v) is 8.26. The summed E-state index contributed by atoms with van der Waals surface area (Å²) in [6.07, 6.45) is 2.55. The van der Waals surface area contributed by atoms with Gasteiger partial charge in [-0.25, -0.2) is 4.79 Å². The van der Waals surface area contributed by atoms with E-state index in [9.17, 15) is 9.59 Å². The van der Waals surface area contributed by atoms with Gasteiger partial charge < -0.3 is 10.4 Å². The molecule has 0 radical (unpaired) electrons. The number of amides is 3. The number of hydrogen-bond acceptors (Lipinski definition) is 3. The first-order chi connectivity index (χ1) is 10.9. The van der Waals surface area contributed by atoms with Gasteiger partial charge in [-0.3, -0.25) is 9.69 Å². The number of nitrogens with zero attached hydrogens (tertiary/aromatic N) is 1. The molecule has 1 aromatic carbocycles. The van der Waals surface area contributed by atoms with Gasteiger partial charge in [0.25, 0.3) is 5.91 Å². The van der Waals surface area contributed by atoms with Crippen molar-refractivity contribution >= 4 is 11.9 Å². The summed E-state index contributed by atoms with van der Waals surface area (Å²) in [5.74, 6) is 0.783. The second-order valence-electron chi connectivity index (χ2n) is 7.23. The Balaban J connectivity index is 1.78. The van der Waals surface area contributed by atoms with Gasteiger partial charge in [-0.1, -0.05) is 38.1 Å². The maximum atomic E-state index is 12.9. The smallest absolute Gasteiger partial charge is 0.325 e. The zero-order valence-corrected chi connectivity index (χ0v) is 13.7. The summed E-state index contributed by atoms with van der Waals surface area (Å²) < 4.78 is 0. The SMILES string of the molecule is CC1CC(C)CC2(C1)NC(=O)N(Cc1ccc(CO)cc1)C2=O. The molecule has 1 aromatic rings. The largest absolute Gasteiger partial charge is 0.392 e. The number of carbonyl (C=O) groups is 2. The topological polar surface area (TPSA) is 69.6 Å². The van der Waals surface area contributed by atoms with Crippen molar-refractivity contribution in [2.75, 3.05) is 0 Å². The van der Waals surface area contributed by atoms with Crippen molar-refractivity contribution in [3.05, 3.63) is 35.4 Å². The van der Waals surface area contributed by atoms with Crippen LogP contribution in [0.3, 0.4) is 0 Å². The molecule has 1 spiro atoms. The van der Waals surface area contributed by atoms with E-state index in [2.05, 4.69) is 19.2 Å². The highest BCUT2D eigenvalue weighted by Gasteiger charge is 2.53. The fourth-order valence-electron chi connectivity index (χ4n) is 4.16. The van der Waals surface area contributed by atoms with Crippen molar-refractivity contribution in [1.82, 2.24) is 10.2 Å². The van der Waals surface area contributed by atoms with Crippen molar-refractivity contribution in [3.63, 3.8) is 0 Å². The van der Waals surface area contributed by atoms with Crippen LogP contribution >= 0.6 is 0 Å². The lowest BCUT2D eigenvalue weighted by Crippen LogP contribution is -2.51. The molecule has 1 saturated heterocycles. The zero-order chi connectivity index (χ0) is 16.6. The molecule has 3 rings (SSSR count). The molecule has 2 aliphatic rings. The standard InChI is InChI=1S/C18H24N2O3/c1-12-7-13(2)9-18(8-12)16(22)20(17(23)19-18)10-14-3-5-15(11-21)6-4-14/h3-6,12-13,21H,7-11H2,1-2H3,(H,19,23). The van der Waals surface area contributed by atoms with Gasteiger partial charge in [0.05, 0.1) is 13.2 Å². The number of urea groups is 1. The van der Waals surface area contributed by atoms with E-state index in [0.29, 0.717) is 11.8 Å². The average molecular weight is 316 g/mol. The third-order valence-electron chi connectivity index (χ3n) is 4.99. The minimum absolute atomic E-state index is 0.0116. The summed E-state index contributed by atoms with van der Waals surface area (Å²) in [5, 5.41) is 12.1. The van der Waals surface area contributed by atoms with Gasteiger partial charge in [0, 0.05) is 0 Å². The number of hydrogen-bond donors (Lipinski definition) is 2. The van der Waals surface area contributed by atoms with Crippen molar-refractivity contribution in [3.8, 4) is 0 Å². The van der Waals surface area contributed by atoms with Gasteiger partial charge in [0.1, 0.15) is 5.54 Å². The van der Waals surface area contributed by atoms with Crippen LogP contribution in [0.25, 0.3) is 0 Å². The Hall–Kier alpha value is -1.88. The normalized spacial score (nSPS) is 30.8. The average Bonchev–Trinajstić information content (AvgIpc) is 2.71. The molecule has 2 N–H and O–H groups in total. The summed E-state index contributed by atoms with van der Waals surface area (Å²) >= 11 is 0. The predicted octanol–water partition coefficient (Wildman–Crippen LogP) is 2.43. The van der Waals surface area contributed by atoms with Crippen LogP contribution in [-0.2, 0) is 17.9 Å². The van der Waals surface area contributed by atoms with Gasteiger partial charge in [-0.05, 0) is 42.2 Å². The van der Waals surface area contributed by atoms with Crippen LogP contribution in [0.5, 0.6) is 0 Å². The Kier molecular flexibility index (Phi) is 4.15. The van der Waals surface area contributed by atoms with E-state index < -0.39 is 5.54 Å². The van der Waals surface area contributed by atoms with Crippen molar-refractivity contribution in [2.45, 2.75) is 51.8 Å². The van der Waals surface area contributed by atoms with Crippen LogP contribution in [0.2, 0.25) is 0 Å². The Morgan fingerprint density at radius 2 is 1.70 bits per heavy atom. The van der Waals surface area contributed by atoms with E-state index in [-0.39, 0.29) is 25.1 Å². The molecule has 0 bridgehead atoms. The number of imide groups is 1. The van der Waals surface area contributed by atoms with Gasteiger partial charge in [0.2, 0.25) is 0 Å². The molecule has 5 heteroatoms. The van der Waals surface area contributed by atoms with Crippen LogP contribution in [0.4, 0.5) is 4.79 Å². The fraction of sp³-hybridized carbons (Fsp3) is 0.556. The zero-order valence-electron chi connectivity index (χ0n) is 13.7. The predicted molar refractivity (Wildman–Crippen MR) is 86.4 cm³/mol. The highest BCUT2D eigenvalue weighted by Crippen LogP contribution is 2.39. The number of aliphatic hydroxyl groups excluding tert-OH is 1. The molecule has 1 aliphatic heterocycles. The van der Waals surface area contributed by atoms with Gasteiger partial charge >= 0.3 is 6.03 Å². The number of benzene rings is 1. The molecular formula is C18H24N2O3. The third-order valence-corrected chi connectivity index (χ3v) is 4.99. The quantitative estimate of drug-likeness (QED) is 0.842. The number of nitrogens with one attached hydrogen (secondary N) is 1. The lowest BCUT2D eigenvalue weighted by Gasteiger charge is -2.37.